The van der Waals surface area contributed by atoms with Crippen LogP contribution in [0.5, 0.6) is 0 Å². The molecule has 0 aromatic heterocycles. The summed E-state index contributed by atoms with van der Waals surface area (Å²) in [6, 6.07) is 1.54. The van der Waals surface area contributed by atoms with Crippen molar-refractivity contribution in [1.82, 2.24) is 15.1 Å². The number of carbonyl (C=O) groups excluding carboxylic acids is 1. The van der Waals surface area contributed by atoms with Crippen molar-refractivity contribution in [3.05, 3.63) is 0 Å². The molecule has 0 unspecified atom stereocenters. The number of hydrogen-bond acceptors (Lipinski definition) is 3. The van der Waals surface area contributed by atoms with Gasteiger partial charge in [0.2, 0.25) is 5.91 Å². The number of hydrogen-bond donors (Lipinski definition) is 1. The third-order valence-electron chi connectivity index (χ3n) is 6.36. The average Bonchev–Trinajstić information content (AvgIpc) is 2.91. The van der Waals surface area contributed by atoms with Crippen LogP contribution in [0.4, 0.5) is 0 Å². The second kappa shape index (κ2) is 6.48. The van der Waals surface area contributed by atoms with Gasteiger partial charge in [-0.3, -0.25) is 4.79 Å². The van der Waals surface area contributed by atoms with E-state index >= 15 is 0 Å². The number of fused-ring (bicyclic) bond motifs is 1. The van der Waals surface area contributed by atoms with E-state index in [4.69, 9.17) is 0 Å². The first-order chi connectivity index (χ1) is 10.5. The zero-order valence-corrected chi connectivity index (χ0v) is 14.7. The van der Waals surface area contributed by atoms with E-state index in [9.17, 15) is 4.79 Å². The first-order valence-corrected chi connectivity index (χ1v) is 9.20. The van der Waals surface area contributed by atoms with Crippen molar-refractivity contribution in [1.29, 1.82) is 0 Å². The van der Waals surface area contributed by atoms with E-state index in [2.05, 4.69) is 42.9 Å². The summed E-state index contributed by atoms with van der Waals surface area (Å²) >= 11 is 0. The van der Waals surface area contributed by atoms with E-state index < -0.39 is 0 Å². The van der Waals surface area contributed by atoms with Crippen molar-refractivity contribution in [2.45, 2.75) is 64.6 Å². The maximum atomic E-state index is 12.3. The molecule has 3 aliphatic rings. The third kappa shape index (κ3) is 3.05. The van der Waals surface area contributed by atoms with Crippen molar-refractivity contribution >= 4 is 5.91 Å². The van der Waals surface area contributed by atoms with Crippen molar-refractivity contribution in [2.75, 3.05) is 26.7 Å². The molecular weight excluding hydrogens is 274 g/mol. The minimum absolute atomic E-state index is 0.357. The van der Waals surface area contributed by atoms with Gasteiger partial charge in [0.1, 0.15) is 0 Å². The van der Waals surface area contributed by atoms with Crippen LogP contribution in [0.3, 0.4) is 0 Å². The smallest absolute Gasteiger partial charge is 0.223 e. The molecule has 3 rings (SSSR count). The Labute approximate surface area is 135 Å². The molecule has 126 valence electrons. The van der Waals surface area contributed by atoms with Gasteiger partial charge in [-0.25, -0.2) is 0 Å². The Kier molecular flexibility index (Phi) is 4.79. The van der Waals surface area contributed by atoms with Crippen LogP contribution in [-0.2, 0) is 4.79 Å². The zero-order valence-electron chi connectivity index (χ0n) is 14.7. The van der Waals surface area contributed by atoms with Crippen LogP contribution in [0, 0.1) is 17.8 Å². The largest absolute Gasteiger partial charge is 0.337 e. The molecule has 4 nitrogen and oxygen atoms in total. The first kappa shape index (κ1) is 16.3. The van der Waals surface area contributed by atoms with Gasteiger partial charge in [0.05, 0.1) is 0 Å². The van der Waals surface area contributed by atoms with E-state index in [1.165, 1.54) is 32.4 Å². The Morgan fingerprint density at radius 2 is 1.95 bits per heavy atom. The molecule has 0 radical (unpaired) electrons. The summed E-state index contributed by atoms with van der Waals surface area (Å²) in [6.07, 6.45) is 4.52. The molecule has 1 N–H and O–H groups in total. The first-order valence-electron chi connectivity index (χ1n) is 9.20. The zero-order chi connectivity index (χ0) is 15.9. The quantitative estimate of drug-likeness (QED) is 0.862. The topological polar surface area (TPSA) is 35.6 Å². The summed E-state index contributed by atoms with van der Waals surface area (Å²) in [4.78, 5) is 16.9. The fourth-order valence-electron chi connectivity index (χ4n) is 5.08. The Morgan fingerprint density at radius 3 is 2.59 bits per heavy atom. The molecule has 0 aromatic rings. The van der Waals surface area contributed by atoms with E-state index in [1.54, 1.807) is 0 Å². The van der Waals surface area contributed by atoms with E-state index in [1.807, 2.05) is 0 Å². The molecule has 0 bridgehead atoms. The van der Waals surface area contributed by atoms with E-state index in [0.29, 0.717) is 35.9 Å². The maximum absolute atomic E-state index is 12.3. The van der Waals surface area contributed by atoms with Gasteiger partial charge in [0, 0.05) is 24.5 Å². The van der Waals surface area contributed by atoms with E-state index in [0.717, 1.165) is 18.9 Å². The Balaban J connectivity index is 1.57. The second-order valence-corrected chi connectivity index (χ2v) is 8.19. The monoisotopic (exact) mass is 307 g/mol. The van der Waals surface area contributed by atoms with Crippen molar-refractivity contribution in [3.63, 3.8) is 0 Å². The molecule has 1 aliphatic carbocycles. The summed E-state index contributed by atoms with van der Waals surface area (Å²) in [5.41, 5.74) is 0. The molecule has 0 spiro atoms. The highest BCUT2D eigenvalue weighted by atomic mass is 16.2. The Morgan fingerprint density at radius 1 is 1.27 bits per heavy atom. The molecule has 2 heterocycles. The van der Waals surface area contributed by atoms with Gasteiger partial charge >= 0.3 is 0 Å². The summed E-state index contributed by atoms with van der Waals surface area (Å²) in [5.74, 6) is 2.39. The lowest BCUT2D eigenvalue weighted by atomic mass is 9.88. The summed E-state index contributed by atoms with van der Waals surface area (Å²) in [5, 5.41) is 3.83. The SMILES string of the molecule is CC(C)N1C(=O)C[C@H]2[C@H](CNC3CCN(C)CC3)[C@@H](C)C[C@H]21. The highest BCUT2D eigenvalue weighted by Crippen LogP contribution is 2.46. The van der Waals surface area contributed by atoms with Crippen molar-refractivity contribution < 1.29 is 4.79 Å². The van der Waals surface area contributed by atoms with Gasteiger partial charge in [0.25, 0.3) is 0 Å². The number of rotatable bonds is 4. The van der Waals surface area contributed by atoms with Crippen LogP contribution in [0.15, 0.2) is 0 Å². The number of piperidine rings is 1. The molecule has 22 heavy (non-hydrogen) atoms. The molecule has 0 aromatic carbocycles. The fraction of sp³-hybridized carbons (Fsp3) is 0.944. The molecule has 2 saturated heterocycles. The highest BCUT2D eigenvalue weighted by Gasteiger charge is 2.51. The van der Waals surface area contributed by atoms with Gasteiger partial charge in [-0.1, -0.05) is 6.92 Å². The van der Waals surface area contributed by atoms with Gasteiger partial charge in [0.15, 0.2) is 0 Å². The molecular formula is C18H33N3O. The number of amides is 1. The Hall–Kier alpha value is -0.610. The molecule has 1 amide bonds. The molecule has 2 aliphatic heterocycles. The number of nitrogens with zero attached hydrogens (tertiary/aromatic N) is 2. The standard InChI is InChI=1S/C18H33N3O/c1-12(2)21-17-9-13(3)16(15(17)10-18(21)22)11-19-14-5-7-20(4)8-6-14/h12-17,19H,5-11H2,1-4H3/t13-,15-,16+,17+/m0/s1. The normalized spacial score (nSPS) is 37.3. The third-order valence-corrected chi connectivity index (χ3v) is 6.36. The highest BCUT2D eigenvalue weighted by molar-refractivity contribution is 5.80. The van der Waals surface area contributed by atoms with Crippen LogP contribution in [0.1, 0.15) is 46.5 Å². The average molecular weight is 307 g/mol. The lowest BCUT2D eigenvalue weighted by Crippen LogP contribution is -2.43. The van der Waals surface area contributed by atoms with Gasteiger partial charge in [-0.2, -0.15) is 0 Å². The van der Waals surface area contributed by atoms with Gasteiger partial charge in [-0.15, -0.1) is 0 Å². The van der Waals surface area contributed by atoms with Crippen molar-refractivity contribution in [3.8, 4) is 0 Å². The van der Waals surface area contributed by atoms with Crippen LogP contribution < -0.4 is 5.32 Å². The lowest BCUT2D eigenvalue weighted by Gasteiger charge is -2.31. The fourth-order valence-corrected chi connectivity index (χ4v) is 5.08. The summed E-state index contributed by atoms with van der Waals surface area (Å²) in [6.45, 7) is 10.2. The molecule has 4 heteroatoms. The van der Waals surface area contributed by atoms with Gasteiger partial charge < -0.3 is 15.1 Å². The Bertz CT molecular complexity index is 403. The van der Waals surface area contributed by atoms with Crippen molar-refractivity contribution in [2.24, 2.45) is 17.8 Å². The molecule has 1 saturated carbocycles. The van der Waals surface area contributed by atoms with Gasteiger partial charge in [-0.05, 0) is 77.5 Å². The minimum atomic E-state index is 0.357. The second-order valence-electron chi connectivity index (χ2n) is 8.19. The lowest BCUT2D eigenvalue weighted by molar-refractivity contribution is -0.130. The molecule has 4 atom stereocenters. The number of carbonyl (C=O) groups is 1. The number of likely N-dealkylation sites (tertiary alicyclic amines) is 2. The van der Waals surface area contributed by atoms with Crippen LogP contribution in [0.25, 0.3) is 0 Å². The van der Waals surface area contributed by atoms with E-state index in [-0.39, 0.29) is 0 Å². The number of nitrogens with one attached hydrogen (secondary N) is 1. The van der Waals surface area contributed by atoms with Crippen LogP contribution in [-0.4, -0.2) is 60.5 Å². The maximum Gasteiger partial charge on any atom is 0.223 e. The van der Waals surface area contributed by atoms with Crippen LogP contribution in [0.2, 0.25) is 0 Å². The summed E-state index contributed by atoms with van der Waals surface area (Å²) in [7, 11) is 2.21. The van der Waals surface area contributed by atoms with Crippen LogP contribution >= 0.6 is 0 Å². The molecule has 3 fully saturated rings. The summed E-state index contributed by atoms with van der Waals surface area (Å²) < 4.78 is 0. The predicted molar refractivity (Wildman–Crippen MR) is 89.7 cm³/mol. The predicted octanol–water partition coefficient (Wildman–Crippen LogP) is 1.95. The minimum Gasteiger partial charge on any atom is -0.337 e.